The lowest BCUT2D eigenvalue weighted by Gasteiger charge is -2.19. The van der Waals surface area contributed by atoms with E-state index in [-0.39, 0.29) is 11.1 Å². The average Bonchev–Trinajstić information content (AvgIpc) is 0.733. The number of benzene rings is 18. The van der Waals surface area contributed by atoms with Gasteiger partial charge in [0.15, 0.2) is 5.75 Å². The van der Waals surface area contributed by atoms with Gasteiger partial charge in [-0.15, -0.1) is 0 Å². The lowest BCUT2D eigenvalue weighted by atomic mass is 9.72. The van der Waals surface area contributed by atoms with E-state index < -0.39 is 22.7 Å². The van der Waals surface area contributed by atoms with Gasteiger partial charge in [-0.1, -0.05) is 340 Å². The summed E-state index contributed by atoms with van der Waals surface area (Å²) < 4.78 is 66.7. The highest BCUT2D eigenvalue weighted by molar-refractivity contribution is 7.88. The maximum Gasteiger partial charge on any atom is 0.534 e. The molecule has 0 atom stereocenters. The molecule has 0 amide bonds. The quantitative estimate of drug-likeness (QED) is 0.0617. The van der Waals surface area contributed by atoms with Crippen LogP contribution in [0.4, 0.5) is 13.2 Å². The Labute approximate surface area is 594 Å². The predicted octanol–water partition coefficient (Wildman–Crippen LogP) is 23.9. The molecule has 103 heavy (non-hydrogen) atoms. The van der Waals surface area contributed by atoms with Gasteiger partial charge in [0.1, 0.15) is 0 Å². The van der Waals surface area contributed by atoms with Gasteiger partial charge >= 0.3 is 22.7 Å². The normalized spacial score (nSPS) is 11.6. The zero-order valence-electron chi connectivity index (χ0n) is 55.4. The standard InChI is InChI=1S/C46H30.C27H17F3O3S.C20H15BO2/c1-2-14-34(15-3-1)45-40-20-8-10-22-42(40)46(43-23-11-9-21-41(43)45)44-30-36(29-35-16-5-7-19-39(35)44)31-25-27-33(28-26-31)38-24-12-17-32-13-4-6-18-37(32)38;28-27(29,30)34(31,32)33-26-17-22(16-21-7-2-4-10-25(21)26)18-12-14-20(15-13-18)24-11-5-8-19-6-1-3-9-23(19)24;22-21(23)20-17-12-6-4-10-15(17)19(14-8-2-1-3-9-14)16-11-5-7-13-18(16)20/h1-30H;1-17H;1-13,22-23H. The largest absolute Gasteiger partial charge is 0.534 e. The van der Waals surface area contributed by atoms with Gasteiger partial charge in [-0.3, -0.25) is 0 Å². The van der Waals surface area contributed by atoms with E-state index in [9.17, 15) is 31.6 Å². The summed E-state index contributed by atoms with van der Waals surface area (Å²) in [6.45, 7) is 0. The molecule has 0 heterocycles. The van der Waals surface area contributed by atoms with Gasteiger partial charge in [-0.05, 0) is 188 Å². The molecule has 0 aliphatic heterocycles. The van der Waals surface area contributed by atoms with Crippen molar-refractivity contribution >= 4 is 109 Å². The lowest BCUT2D eigenvalue weighted by molar-refractivity contribution is -0.0499. The Balaban J connectivity index is 0.000000127. The summed E-state index contributed by atoms with van der Waals surface area (Å²) in [7, 11) is -7.31. The van der Waals surface area contributed by atoms with Crippen LogP contribution < -0.4 is 9.65 Å². The van der Waals surface area contributed by atoms with Gasteiger partial charge in [0.25, 0.3) is 0 Å². The second kappa shape index (κ2) is 27.6. The second-order valence-corrected chi connectivity index (χ2v) is 27.0. The molecule has 18 aromatic carbocycles. The fraction of sp³-hybridized carbons (Fsp3) is 0.0108. The van der Waals surface area contributed by atoms with E-state index in [1.807, 2.05) is 133 Å². The second-order valence-electron chi connectivity index (χ2n) is 25.5. The maximum atomic E-state index is 12.9. The van der Waals surface area contributed by atoms with Gasteiger partial charge < -0.3 is 14.2 Å². The Morgan fingerprint density at radius 1 is 0.252 bits per heavy atom. The van der Waals surface area contributed by atoms with E-state index in [0.717, 1.165) is 54.6 Å². The van der Waals surface area contributed by atoms with Crippen LogP contribution in [0.1, 0.15) is 0 Å². The predicted molar refractivity (Wildman–Crippen MR) is 423 cm³/mol. The minimum atomic E-state index is -5.80. The highest BCUT2D eigenvalue weighted by atomic mass is 32.2. The van der Waals surface area contributed by atoms with Crippen LogP contribution in [0.5, 0.6) is 5.75 Å². The summed E-state index contributed by atoms with van der Waals surface area (Å²) in [6, 6.07) is 124. The first kappa shape index (κ1) is 65.2. The number of hydrogen-bond donors (Lipinski definition) is 2. The molecule has 5 nitrogen and oxygen atoms in total. The minimum Gasteiger partial charge on any atom is -0.423 e. The van der Waals surface area contributed by atoms with Crippen LogP contribution in [-0.4, -0.2) is 31.1 Å². The van der Waals surface area contributed by atoms with Crippen LogP contribution in [0, 0.1) is 0 Å². The van der Waals surface area contributed by atoms with Crippen molar-refractivity contribution in [1.82, 2.24) is 0 Å². The van der Waals surface area contributed by atoms with Crippen molar-refractivity contribution in [2.75, 3.05) is 0 Å². The van der Waals surface area contributed by atoms with Crippen LogP contribution in [-0.2, 0) is 10.1 Å². The third kappa shape index (κ3) is 12.6. The SMILES string of the molecule is O=S(=O)(Oc1cc(-c2ccc(-c3cccc4ccccc34)cc2)cc2ccccc12)C(F)(F)F.OB(O)c1c2ccccc2c(-c2ccccc2)c2ccccc12.c1ccc(-c2c3ccccc3c(-c3cc(-c4ccc(-c5cccc6ccccc56)cc4)cc4ccccc34)c3ccccc23)cc1. The molecule has 0 aliphatic carbocycles. The van der Waals surface area contributed by atoms with E-state index >= 15 is 0 Å². The zero-order chi connectivity index (χ0) is 70.2. The van der Waals surface area contributed by atoms with E-state index in [1.54, 1.807) is 24.3 Å². The van der Waals surface area contributed by atoms with Crippen LogP contribution >= 0.6 is 0 Å². The molecular weight excluding hydrogens is 1300 g/mol. The smallest absolute Gasteiger partial charge is 0.423 e. The van der Waals surface area contributed by atoms with Crippen molar-refractivity contribution in [3.8, 4) is 83.6 Å². The van der Waals surface area contributed by atoms with Gasteiger partial charge in [0.2, 0.25) is 0 Å². The van der Waals surface area contributed by atoms with Crippen molar-refractivity contribution in [2.24, 2.45) is 0 Å². The first-order chi connectivity index (χ1) is 50.3. The molecule has 0 aromatic heterocycles. The van der Waals surface area contributed by atoms with Crippen molar-refractivity contribution in [3.05, 3.63) is 364 Å². The summed E-state index contributed by atoms with van der Waals surface area (Å²) in [5, 5.41) is 36.9. The number of alkyl halides is 3. The topological polar surface area (TPSA) is 83.8 Å². The molecule has 0 fully saturated rings. The third-order valence-corrected chi connectivity index (χ3v) is 20.3. The number of fused-ring (bicyclic) bond motifs is 8. The van der Waals surface area contributed by atoms with Crippen LogP contribution in [0.25, 0.3) is 164 Å². The summed E-state index contributed by atoms with van der Waals surface area (Å²) in [5.41, 5.74) is 10.6. The summed E-state index contributed by atoms with van der Waals surface area (Å²) in [6.07, 6.45) is 0. The summed E-state index contributed by atoms with van der Waals surface area (Å²) >= 11 is 0. The molecule has 0 radical (unpaired) electrons. The zero-order valence-corrected chi connectivity index (χ0v) is 56.2. The molecule has 0 saturated carbocycles. The fourth-order valence-electron chi connectivity index (χ4n) is 14.7. The van der Waals surface area contributed by atoms with E-state index in [4.69, 9.17) is 0 Å². The van der Waals surface area contributed by atoms with Crippen LogP contribution in [0.2, 0.25) is 0 Å². The Morgan fingerprint density at radius 2 is 0.553 bits per heavy atom. The molecule has 494 valence electrons. The van der Waals surface area contributed by atoms with Gasteiger partial charge in [0.05, 0.1) is 0 Å². The fourth-order valence-corrected chi connectivity index (χ4v) is 15.2. The molecule has 0 spiro atoms. The number of hydrogen-bond acceptors (Lipinski definition) is 5. The van der Waals surface area contributed by atoms with Crippen molar-refractivity contribution in [3.63, 3.8) is 0 Å². The highest BCUT2D eigenvalue weighted by Gasteiger charge is 2.49. The van der Waals surface area contributed by atoms with Gasteiger partial charge in [-0.2, -0.15) is 21.6 Å². The first-order valence-electron chi connectivity index (χ1n) is 33.9. The van der Waals surface area contributed by atoms with Gasteiger partial charge in [-0.25, -0.2) is 0 Å². The van der Waals surface area contributed by atoms with Crippen LogP contribution in [0.15, 0.2) is 364 Å². The number of rotatable bonds is 10. The van der Waals surface area contributed by atoms with Gasteiger partial charge in [0, 0.05) is 5.39 Å². The van der Waals surface area contributed by atoms with E-state index in [1.165, 1.54) is 99.7 Å². The Kier molecular flexibility index (Phi) is 17.5. The number of halogens is 3. The molecule has 0 saturated heterocycles. The Morgan fingerprint density at radius 3 is 0.961 bits per heavy atom. The van der Waals surface area contributed by atoms with Crippen LogP contribution in [0.3, 0.4) is 0 Å². The molecule has 18 aromatic rings. The molecule has 10 heteroatoms. The highest BCUT2D eigenvalue weighted by Crippen LogP contribution is 2.47. The van der Waals surface area contributed by atoms with Crippen molar-refractivity contribution in [2.45, 2.75) is 5.51 Å². The summed E-state index contributed by atoms with van der Waals surface area (Å²) in [4.78, 5) is 0. The monoisotopic (exact) mass is 1360 g/mol. The molecule has 18 rings (SSSR count). The van der Waals surface area contributed by atoms with E-state index in [0.29, 0.717) is 22.0 Å². The molecular formula is C93H62BF3O5S. The maximum absolute atomic E-state index is 12.9. The Bertz CT molecular complexity index is 6240. The molecule has 0 aliphatic rings. The average molecular weight is 1360 g/mol. The third-order valence-electron chi connectivity index (χ3n) is 19.4. The molecule has 2 N–H and O–H groups in total. The Hall–Kier alpha value is -12.4. The molecule has 0 unspecified atom stereocenters. The minimum absolute atomic E-state index is 0.270. The molecule has 0 bridgehead atoms. The summed E-state index contributed by atoms with van der Waals surface area (Å²) in [5.74, 6) is -0.372. The first-order valence-corrected chi connectivity index (χ1v) is 35.3. The van der Waals surface area contributed by atoms with Crippen molar-refractivity contribution < 1.29 is 35.8 Å². The van der Waals surface area contributed by atoms with Crippen molar-refractivity contribution in [1.29, 1.82) is 0 Å². The lowest BCUT2D eigenvalue weighted by Crippen LogP contribution is -2.31. The van der Waals surface area contributed by atoms with E-state index in [2.05, 4.69) is 198 Å².